The Morgan fingerprint density at radius 3 is 2.21 bits per heavy atom. The maximum atomic E-state index is 12.3. The van der Waals surface area contributed by atoms with Crippen molar-refractivity contribution >= 4 is 15.7 Å². The van der Waals surface area contributed by atoms with Crippen LogP contribution in [-0.2, 0) is 16.6 Å². The van der Waals surface area contributed by atoms with E-state index in [2.05, 4.69) is 9.93 Å². The molecule has 0 aliphatic carbocycles. The van der Waals surface area contributed by atoms with E-state index in [1.165, 1.54) is 0 Å². The second kappa shape index (κ2) is 8.71. The summed E-state index contributed by atoms with van der Waals surface area (Å²) in [6, 6.07) is 23.9. The van der Waals surface area contributed by atoms with Crippen LogP contribution in [0.2, 0.25) is 0 Å². The third kappa shape index (κ3) is 5.20. The summed E-state index contributed by atoms with van der Waals surface area (Å²) in [5.74, 6) is 0.737. The molecule has 0 saturated carbocycles. The Bertz CT molecular complexity index is 1040. The summed E-state index contributed by atoms with van der Waals surface area (Å²) in [6.07, 6.45) is 0. The monoisotopic (exact) mass is 394 g/mol. The van der Waals surface area contributed by atoms with Crippen molar-refractivity contribution < 1.29 is 13.2 Å². The first-order chi connectivity index (χ1) is 13.4. The molecule has 3 aromatic rings. The van der Waals surface area contributed by atoms with Crippen molar-refractivity contribution in [2.45, 2.75) is 25.3 Å². The fourth-order valence-corrected chi connectivity index (χ4v) is 3.35. The number of rotatable bonds is 7. The molecule has 0 unspecified atom stereocenters. The summed E-state index contributed by atoms with van der Waals surface area (Å²) in [5.41, 5.74) is 3.45. The second-order valence-corrected chi connectivity index (χ2v) is 8.06. The van der Waals surface area contributed by atoms with E-state index < -0.39 is 10.0 Å². The van der Waals surface area contributed by atoms with Gasteiger partial charge in [0.05, 0.1) is 10.6 Å². The van der Waals surface area contributed by atoms with E-state index >= 15 is 0 Å². The first-order valence-corrected chi connectivity index (χ1v) is 10.3. The van der Waals surface area contributed by atoms with Gasteiger partial charge in [-0.2, -0.15) is 18.4 Å². The van der Waals surface area contributed by atoms with Gasteiger partial charge in [0.1, 0.15) is 12.4 Å². The highest BCUT2D eigenvalue weighted by Gasteiger charge is 2.12. The lowest BCUT2D eigenvalue weighted by Gasteiger charge is -2.08. The van der Waals surface area contributed by atoms with Crippen molar-refractivity contribution in [2.24, 2.45) is 5.10 Å². The molecule has 0 aliphatic rings. The molecular formula is C22H22N2O3S. The summed E-state index contributed by atoms with van der Waals surface area (Å²) in [5, 5.41) is 4.03. The average Bonchev–Trinajstić information content (AvgIpc) is 2.72. The molecule has 0 amide bonds. The highest BCUT2D eigenvalue weighted by molar-refractivity contribution is 7.89. The molecule has 6 heteroatoms. The van der Waals surface area contributed by atoms with E-state index in [4.69, 9.17) is 4.74 Å². The first-order valence-electron chi connectivity index (χ1n) is 8.84. The van der Waals surface area contributed by atoms with Gasteiger partial charge in [0.25, 0.3) is 10.0 Å². The third-order valence-corrected chi connectivity index (χ3v) is 5.41. The molecule has 5 nitrogen and oxygen atoms in total. The normalized spacial score (nSPS) is 11.9. The Morgan fingerprint density at radius 1 is 0.929 bits per heavy atom. The summed E-state index contributed by atoms with van der Waals surface area (Å²) in [4.78, 5) is 2.46. The fraction of sp³-hybridized carbons (Fsp3) is 0.136. The predicted molar refractivity (Wildman–Crippen MR) is 111 cm³/mol. The van der Waals surface area contributed by atoms with Crippen molar-refractivity contribution in [1.82, 2.24) is 4.83 Å². The summed E-state index contributed by atoms with van der Waals surface area (Å²) in [7, 11) is -3.69. The predicted octanol–water partition coefficient (Wildman–Crippen LogP) is 4.28. The number of benzene rings is 3. The number of aryl methyl sites for hydroxylation is 1. The highest BCUT2D eigenvalue weighted by atomic mass is 32.2. The van der Waals surface area contributed by atoms with Gasteiger partial charge in [0.2, 0.25) is 0 Å². The van der Waals surface area contributed by atoms with E-state index in [0.717, 1.165) is 22.4 Å². The molecule has 0 radical (unpaired) electrons. The Morgan fingerprint density at radius 2 is 1.57 bits per heavy atom. The maximum Gasteiger partial charge on any atom is 0.276 e. The molecule has 0 bridgehead atoms. The van der Waals surface area contributed by atoms with Crippen molar-refractivity contribution in [1.29, 1.82) is 0 Å². The van der Waals surface area contributed by atoms with Gasteiger partial charge in [-0.05, 0) is 61.4 Å². The van der Waals surface area contributed by atoms with Gasteiger partial charge in [0, 0.05) is 0 Å². The second-order valence-electron chi connectivity index (χ2n) is 6.40. The quantitative estimate of drug-likeness (QED) is 0.480. The molecule has 1 N–H and O–H groups in total. The summed E-state index contributed by atoms with van der Waals surface area (Å²) in [6.45, 7) is 4.14. The third-order valence-electron chi connectivity index (χ3n) is 4.19. The van der Waals surface area contributed by atoms with E-state index in [-0.39, 0.29) is 4.90 Å². The molecular weight excluding hydrogens is 372 g/mol. The molecule has 0 spiro atoms. The molecule has 0 saturated heterocycles. The zero-order chi connectivity index (χ0) is 20.0. The van der Waals surface area contributed by atoms with E-state index in [1.807, 2.05) is 61.5 Å². The van der Waals surface area contributed by atoms with Gasteiger partial charge in [-0.3, -0.25) is 0 Å². The smallest absolute Gasteiger partial charge is 0.276 e. The number of sulfonamides is 1. The molecule has 0 atom stereocenters. The zero-order valence-electron chi connectivity index (χ0n) is 15.8. The van der Waals surface area contributed by atoms with Crippen LogP contribution < -0.4 is 9.57 Å². The number of nitrogens with zero attached hydrogens (tertiary/aromatic N) is 1. The minimum absolute atomic E-state index is 0.180. The van der Waals surface area contributed by atoms with Gasteiger partial charge in [-0.15, -0.1) is 0 Å². The minimum Gasteiger partial charge on any atom is -0.489 e. The Labute approximate surface area is 165 Å². The maximum absolute atomic E-state index is 12.3. The van der Waals surface area contributed by atoms with Crippen molar-refractivity contribution in [2.75, 3.05) is 0 Å². The molecule has 144 valence electrons. The topological polar surface area (TPSA) is 67.8 Å². The Balaban J connectivity index is 1.63. The highest BCUT2D eigenvalue weighted by Crippen LogP contribution is 2.15. The lowest BCUT2D eigenvalue weighted by atomic mass is 10.1. The Hall–Kier alpha value is -3.12. The molecule has 3 rings (SSSR count). The number of hydrogen-bond donors (Lipinski definition) is 1. The van der Waals surface area contributed by atoms with Crippen LogP contribution in [0.3, 0.4) is 0 Å². The number of hydrogen-bond acceptors (Lipinski definition) is 4. The molecule has 3 aromatic carbocycles. The van der Waals surface area contributed by atoms with Crippen molar-refractivity contribution in [3.05, 3.63) is 95.6 Å². The Kier molecular flexibility index (Phi) is 6.11. The standard InChI is InChI=1S/C22H22N2O3S/c1-17-8-14-22(15-9-17)28(25,26)24-23-18(2)20-10-12-21(13-11-20)27-16-19-6-4-3-5-7-19/h3-15,24H,16H2,1-2H3. The lowest BCUT2D eigenvalue weighted by Crippen LogP contribution is -2.19. The zero-order valence-corrected chi connectivity index (χ0v) is 16.6. The average molecular weight is 394 g/mol. The van der Waals surface area contributed by atoms with Gasteiger partial charge in [-0.25, -0.2) is 0 Å². The van der Waals surface area contributed by atoms with Gasteiger partial charge in [0.15, 0.2) is 0 Å². The largest absolute Gasteiger partial charge is 0.489 e. The van der Waals surface area contributed by atoms with E-state index in [0.29, 0.717) is 12.3 Å². The minimum atomic E-state index is -3.69. The first kappa shape index (κ1) is 19.6. The van der Waals surface area contributed by atoms with Crippen LogP contribution in [0.5, 0.6) is 5.75 Å². The molecule has 28 heavy (non-hydrogen) atoms. The molecule has 0 heterocycles. The summed E-state index contributed by atoms with van der Waals surface area (Å²) >= 11 is 0. The van der Waals surface area contributed by atoms with Crippen LogP contribution in [-0.4, -0.2) is 14.1 Å². The van der Waals surface area contributed by atoms with Crippen LogP contribution in [0.25, 0.3) is 0 Å². The van der Waals surface area contributed by atoms with Crippen LogP contribution in [0, 0.1) is 6.92 Å². The van der Waals surface area contributed by atoms with Crippen LogP contribution >= 0.6 is 0 Å². The van der Waals surface area contributed by atoms with E-state index in [9.17, 15) is 8.42 Å². The van der Waals surface area contributed by atoms with Crippen LogP contribution in [0.1, 0.15) is 23.6 Å². The van der Waals surface area contributed by atoms with Crippen molar-refractivity contribution in [3.8, 4) is 5.75 Å². The molecule has 0 aliphatic heterocycles. The van der Waals surface area contributed by atoms with E-state index in [1.54, 1.807) is 31.2 Å². The molecule has 0 fully saturated rings. The van der Waals surface area contributed by atoms with Crippen molar-refractivity contribution in [3.63, 3.8) is 0 Å². The van der Waals surface area contributed by atoms with Gasteiger partial charge < -0.3 is 4.74 Å². The van der Waals surface area contributed by atoms with Gasteiger partial charge in [-0.1, -0.05) is 48.0 Å². The van der Waals surface area contributed by atoms with Crippen LogP contribution in [0.15, 0.2) is 88.9 Å². The molecule has 0 aromatic heterocycles. The number of ether oxygens (including phenoxy) is 1. The SMILES string of the molecule is CC(=NNS(=O)(=O)c1ccc(C)cc1)c1ccc(OCc2ccccc2)cc1. The number of hydrazone groups is 1. The fourth-order valence-electron chi connectivity index (χ4n) is 2.50. The van der Waals surface area contributed by atoms with Crippen LogP contribution in [0.4, 0.5) is 0 Å². The van der Waals surface area contributed by atoms with Gasteiger partial charge >= 0.3 is 0 Å². The summed E-state index contributed by atoms with van der Waals surface area (Å²) < 4.78 is 30.4. The number of nitrogens with one attached hydrogen (secondary N) is 1. The lowest BCUT2D eigenvalue weighted by molar-refractivity contribution is 0.306.